The molecule has 0 spiro atoms. The summed E-state index contributed by atoms with van der Waals surface area (Å²) in [6.45, 7) is 0.380. The summed E-state index contributed by atoms with van der Waals surface area (Å²) in [5.74, 6) is -2.88. The van der Waals surface area contributed by atoms with Crippen LogP contribution in [0.4, 0.5) is 4.79 Å². The number of rotatable bonds is 20. The number of carboxylic acids is 1. The number of esters is 3. The van der Waals surface area contributed by atoms with Crippen LogP contribution in [0, 0.1) is 0 Å². The molecule has 0 aromatic heterocycles. The van der Waals surface area contributed by atoms with Crippen LogP contribution >= 0.6 is 0 Å². The van der Waals surface area contributed by atoms with Crippen molar-refractivity contribution in [1.29, 1.82) is 0 Å². The molecule has 1 aromatic rings. The molecular weight excluding hydrogens is 550 g/mol. The number of carbonyl (C=O) groups is 6. The van der Waals surface area contributed by atoms with Crippen LogP contribution in [-0.4, -0.2) is 80.9 Å². The van der Waals surface area contributed by atoms with E-state index in [1.165, 1.54) is 14.2 Å². The first-order chi connectivity index (χ1) is 20.1. The maximum atomic E-state index is 12.5. The van der Waals surface area contributed by atoms with E-state index in [1.807, 2.05) is 24.3 Å². The van der Waals surface area contributed by atoms with E-state index < -0.39 is 42.0 Å². The van der Waals surface area contributed by atoms with Gasteiger partial charge in [-0.25, -0.2) is 14.4 Å². The van der Waals surface area contributed by atoms with Crippen molar-refractivity contribution in [2.24, 2.45) is 0 Å². The first-order valence-electron chi connectivity index (χ1n) is 13.9. The first-order valence-corrected chi connectivity index (χ1v) is 13.9. The summed E-state index contributed by atoms with van der Waals surface area (Å²) in [6.07, 6.45) is 4.81. The Labute approximate surface area is 246 Å². The summed E-state index contributed by atoms with van der Waals surface area (Å²) in [5.41, 5.74) is 2.01. The van der Waals surface area contributed by atoms with Gasteiger partial charge in [0.05, 0.1) is 27.8 Å². The molecule has 42 heavy (non-hydrogen) atoms. The molecular formula is C29H43N3O10. The fourth-order valence-corrected chi connectivity index (χ4v) is 4.06. The van der Waals surface area contributed by atoms with Crippen molar-refractivity contribution in [1.82, 2.24) is 16.0 Å². The third kappa shape index (κ3) is 15.6. The Morgan fingerprint density at radius 2 is 1.31 bits per heavy atom. The van der Waals surface area contributed by atoms with Gasteiger partial charge in [-0.2, -0.15) is 0 Å². The average Bonchev–Trinajstić information content (AvgIpc) is 2.97. The average molecular weight is 594 g/mol. The molecule has 13 heteroatoms. The number of aryl methyl sites for hydroxylation is 1. The number of unbranched alkanes of at least 4 members (excludes halogenated alkanes) is 3. The van der Waals surface area contributed by atoms with E-state index in [-0.39, 0.29) is 38.0 Å². The summed E-state index contributed by atoms with van der Waals surface area (Å²) in [4.78, 5) is 70.9. The van der Waals surface area contributed by atoms with Crippen molar-refractivity contribution in [3.05, 3.63) is 35.4 Å². The van der Waals surface area contributed by atoms with Gasteiger partial charge in [0.1, 0.15) is 12.1 Å². The van der Waals surface area contributed by atoms with Crippen molar-refractivity contribution in [2.75, 3.05) is 27.9 Å². The van der Waals surface area contributed by atoms with Crippen molar-refractivity contribution >= 4 is 35.8 Å². The van der Waals surface area contributed by atoms with Gasteiger partial charge in [0.25, 0.3) is 0 Å². The number of amides is 3. The van der Waals surface area contributed by atoms with Crippen LogP contribution in [0.3, 0.4) is 0 Å². The van der Waals surface area contributed by atoms with Crippen LogP contribution in [-0.2, 0) is 51.0 Å². The number of aliphatic carboxylic acids is 1. The Bertz CT molecular complexity index is 1030. The van der Waals surface area contributed by atoms with Crippen LogP contribution in [0.2, 0.25) is 0 Å². The van der Waals surface area contributed by atoms with Crippen LogP contribution in [0.25, 0.3) is 0 Å². The summed E-state index contributed by atoms with van der Waals surface area (Å²) < 4.78 is 14.0. The van der Waals surface area contributed by atoms with Gasteiger partial charge < -0.3 is 35.3 Å². The van der Waals surface area contributed by atoms with E-state index in [9.17, 15) is 28.8 Å². The Kier molecular flexibility index (Phi) is 17.7. The molecule has 0 aliphatic rings. The van der Waals surface area contributed by atoms with Gasteiger partial charge in [-0.15, -0.1) is 0 Å². The highest BCUT2D eigenvalue weighted by Gasteiger charge is 2.26. The Balaban J connectivity index is 2.42. The number of carbonyl (C=O) groups excluding carboxylic acids is 5. The Hall–Kier alpha value is -4.16. The van der Waals surface area contributed by atoms with Crippen LogP contribution in [0.15, 0.2) is 24.3 Å². The zero-order valence-corrected chi connectivity index (χ0v) is 24.6. The molecule has 1 rings (SSSR count). The first kappa shape index (κ1) is 35.9. The second kappa shape index (κ2) is 20.7. The maximum absolute atomic E-state index is 12.5. The topological polar surface area (TPSA) is 186 Å². The van der Waals surface area contributed by atoms with E-state index in [4.69, 9.17) is 9.84 Å². The van der Waals surface area contributed by atoms with Crippen LogP contribution in [0.1, 0.15) is 68.9 Å². The number of urea groups is 1. The lowest BCUT2D eigenvalue weighted by atomic mass is 10.0. The molecule has 0 fully saturated rings. The second-order valence-corrected chi connectivity index (χ2v) is 9.68. The highest BCUT2D eigenvalue weighted by Crippen LogP contribution is 2.11. The Morgan fingerprint density at radius 3 is 1.88 bits per heavy atom. The number of carboxylic acid groups (broad SMARTS) is 1. The van der Waals surface area contributed by atoms with Crippen molar-refractivity contribution in [2.45, 2.75) is 82.7 Å². The normalized spacial score (nSPS) is 11.9. The van der Waals surface area contributed by atoms with Gasteiger partial charge in [0.15, 0.2) is 0 Å². The number of methoxy groups -OCH3 is 3. The fraction of sp³-hybridized carbons (Fsp3) is 0.586. The lowest BCUT2D eigenvalue weighted by Gasteiger charge is -2.20. The molecule has 1 aromatic carbocycles. The van der Waals surface area contributed by atoms with E-state index >= 15 is 0 Å². The SMILES string of the molecule is COC(=O)CC[C@H](NC(=O)N[C@@H](CCCCNC(=O)Cc1ccc(CCCCCC(=O)O)cc1)C(=O)OC)C(=O)OC. The third-order valence-corrected chi connectivity index (χ3v) is 6.43. The Morgan fingerprint density at radius 1 is 0.714 bits per heavy atom. The van der Waals surface area contributed by atoms with E-state index in [0.29, 0.717) is 25.8 Å². The van der Waals surface area contributed by atoms with Gasteiger partial charge in [-0.05, 0) is 56.1 Å². The summed E-state index contributed by atoms with van der Waals surface area (Å²) in [6, 6.07) is 4.86. The molecule has 0 saturated carbocycles. The molecule has 0 saturated heterocycles. The number of hydrogen-bond donors (Lipinski definition) is 4. The van der Waals surface area contributed by atoms with Gasteiger partial charge in [-0.3, -0.25) is 14.4 Å². The molecule has 234 valence electrons. The number of benzene rings is 1. The minimum atomic E-state index is -1.12. The monoisotopic (exact) mass is 593 g/mol. The van der Waals surface area contributed by atoms with Crippen LogP contribution in [0.5, 0.6) is 0 Å². The fourth-order valence-electron chi connectivity index (χ4n) is 4.06. The van der Waals surface area contributed by atoms with Crippen molar-refractivity contribution in [3.8, 4) is 0 Å². The molecule has 0 aliphatic carbocycles. The molecule has 0 radical (unpaired) electrons. The van der Waals surface area contributed by atoms with Gasteiger partial charge in [0.2, 0.25) is 5.91 Å². The predicted molar refractivity (Wildman–Crippen MR) is 151 cm³/mol. The zero-order chi connectivity index (χ0) is 31.3. The smallest absolute Gasteiger partial charge is 0.328 e. The molecule has 0 heterocycles. The van der Waals surface area contributed by atoms with E-state index in [1.54, 1.807) is 0 Å². The van der Waals surface area contributed by atoms with E-state index in [0.717, 1.165) is 37.5 Å². The predicted octanol–water partition coefficient (Wildman–Crippen LogP) is 2.04. The van der Waals surface area contributed by atoms with Crippen LogP contribution < -0.4 is 16.0 Å². The summed E-state index contributed by atoms with van der Waals surface area (Å²) in [5, 5.41) is 16.4. The number of ether oxygens (including phenoxy) is 3. The van der Waals surface area contributed by atoms with Crippen molar-refractivity contribution < 1.29 is 48.1 Å². The van der Waals surface area contributed by atoms with Gasteiger partial charge in [0, 0.05) is 19.4 Å². The lowest BCUT2D eigenvalue weighted by Crippen LogP contribution is -2.51. The third-order valence-electron chi connectivity index (χ3n) is 6.43. The van der Waals surface area contributed by atoms with Gasteiger partial charge in [-0.1, -0.05) is 30.7 Å². The van der Waals surface area contributed by atoms with Gasteiger partial charge >= 0.3 is 29.9 Å². The molecule has 0 unspecified atom stereocenters. The lowest BCUT2D eigenvalue weighted by molar-refractivity contribution is -0.144. The summed E-state index contributed by atoms with van der Waals surface area (Å²) in [7, 11) is 3.55. The molecule has 4 N–H and O–H groups in total. The van der Waals surface area contributed by atoms with Crippen molar-refractivity contribution in [3.63, 3.8) is 0 Å². The second-order valence-electron chi connectivity index (χ2n) is 9.68. The molecule has 0 bridgehead atoms. The standard InChI is InChI=1S/C29H43N3O10/c1-40-26(36)17-16-23(28(38)42-3)32-29(39)31-22(27(37)41-2)10-7-8-18-30-24(33)19-21-14-12-20(13-15-21)9-5-4-6-11-25(34)35/h12-15,22-23H,4-11,16-19H2,1-3H3,(H,30,33)(H,34,35)(H2,31,32,39)/t22-,23-/m0/s1. The highest BCUT2D eigenvalue weighted by atomic mass is 16.5. The molecule has 0 aliphatic heterocycles. The number of hydrogen-bond acceptors (Lipinski definition) is 9. The largest absolute Gasteiger partial charge is 0.481 e. The summed E-state index contributed by atoms with van der Waals surface area (Å²) >= 11 is 0. The van der Waals surface area contributed by atoms with E-state index in [2.05, 4.69) is 25.4 Å². The molecule has 2 atom stereocenters. The quantitative estimate of drug-likeness (QED) is 0.0990. The zero-order valence-electron chi connectivity index (χ0n) is 24.6. The molecule has 13 nitrogen and oxygen atoms in total. The minimum absolute atomic E-state index is 0.0460. The minimum Gasteiger partial charge on any atom is -0.481 e. The molecule has 3 amide bonds. The highest BCUT2D eigenvalue weighted by molar-refractivity contribution is 5.87. The maximum Gasteiger partial charge on any atom is 0.328 e. The number of nitrogens with one attached hydrogen (secondary N) is 3.